The van der Waals surface area contributed by atoms with Crippen molar-refractivity contribution >= 4 is 22.9 Å². The summed E-state index contributed by atoms with van der Waals surface area (Å²) in [5.74, 6) is -0.810. The van der Waals surface area contributed by atoms with Crippen molar-refractivity contribution in [3.63, 3.8) is 0 Å². The summed E-state index contributed by atoms with van der Waals surface area (Å²) < 4.78 is 0. The Morgan fingerprint density at radius 2 is 2.08 bits per heavy atom. The van der Waals surface area contributed by atoms with Crippen molar-refractivity contribution in [1.29, 1.82) is 0 Å². The lowest BCUT2D eigenvalue weighted by atomic mass is 9.85. The number of hydrogen-bond acceptors (Lipinski definition) is 3. The summed E-state index contributed by atoms with van der Waals surface area (Å²) in [4.78, 5) is 28.1. The molecule has 1 fully saturated rings. The Bertz CT molecular complexity index is 795. The van der Waals surface area contributed by atoms with Crippen LogP contribution in [0.1, 0.15) is 31.0 Å². The summed E-state index contributed by atoms with van der Waals surface area (Å²) in [6, 6.07) is 8.35. The number of hydrogen-bond donors (Lipinski definition) is 4. The van der Waals surface area contributed by atoms with E-state index in [4.69, 9.17) is 5.11 Å². The number of carbonyl (C=O) groups is 2. The number of amides is 2. The lowest BCUT2D eigenvalue weighted by Crippen LogP contribution is -2.56. The second-order valence-electron chi connectivity index (χ2n) is 6.98. The van der Waals surface area contributed by atoms with Crippen molar-refractivity contribution in [2.75, 3.05) is 13.1 Å². The predicted octanol–water partition coefficient (Wildman–Crippen LogP) is 2.21. The maximum atomic E-state index is 12.1. The number of benzene rings is 1. The summed E-state index contributed by atoms with van der Waals surface area (Å²) in [6.07, 6.45) is 1.59. The van der Waals surface area contributed by atoms with Gasteiger partial charge >= 0.3 is 12.0 Å². The van der Waals surface area contributed by atoms with Crippen LogP contribution in [-0.4, -0.2) is 52.2 Å². The largest absolute Gasteiger partial charge is 0.480 e. The maximum absolute atomic E-state index is 12.1. The lowest BCUT2D eigenvalue weighted by Gasteiger charge is -2.42. The summed E-state index contributed by atoms with van der Waals surface area (Å²) in [7, 11) is 0. The number of nitrogens with one attached hydrogen (secondary N) is 3. The molecule has 1 aliphatic rings. The van der Waals surface area contributed by atoms with Crippen molar-refractivity contribution in [3.8, 4) is 0 Å². The van der Waals surface area contributed by atoms with Gasteiger partial charge in [0.15, 0.2) is 0 Å². The smallest absolute Gasteiger partial charge is 0.317 e. The van der Waals surface area contributed by atoms with Gasteiger partial charge in [-0.2, -0.15) is 0 Å². The molecular formula is C19H26N4O3. The minimum atomic E-state index is -0.810. The topological polar surface area (TPSA) is 97.5 Å². The number of aryl methyl sites for hydroxylation is 1. The van der Waals surface area contributed by atoms with E-state index in [9.17, 15) is 9.59 Å². The summed E-state index contributed by atoms with van der Waals surface area (Å²) in [5.41, 5.74) is 3.27. The molecule has 7 heteroatoms. The SMILES string of the molecule is CCN(CC(=O)O)C1CC(NC(=O)NCc2ccc3[nH]c(C)cc3c2)C1. The number of aromatic amines is 1. The van der Waals surface area contributed by atoms with Crippen LogP contribution in [0.5, 0.6) is 0 Å². The Morgan fingerprint density at radius 1 is 1.31 bits per heavy atom. The van der Waals surface area contributed by atoms with Crippen molar-refractivity contribution in [1.82, 2.24) is 20.5 Å². The Balaban J connectivity index is 1.42. The molecule has 4 N–H and O–H groups in total. The van der Waals surface area contributed by atoms with Gasteiger partial charge in [0.05, 0.1) is 6.54 Å². The average Bonchev–Trinajstić information content (AvgIpc) is 2.93. The van der Waals surface area contributed by atoms with E-state index in [0.717, 1.165) is 35.0 Å². The molecule has 140 valence electrons. The van der Waals surface area contributed by atoms with Gasteiger partial charge in [0.2, 0.25) is 0 Å². The van der Waals surface area contributed by atoms with Crippen LogP contribution in [0.15, 0.2) is 24.3 Å². The molecule has 1 heterocycles. The zero-order valence-electron chi connectivity index (χ0n) is 15.2. The van der Waals surface area contributed by atoms with Gasteiger partial charge in [-0.05, 0) is 55.5 Å². The first-order valence-electron chi connectivity index (χ1n) is 9.03. The molecule has 1 aromatic carbocycles. The van der Waals surface area contributed by atoms with Gasteiger partial charge in [0.1, 0.15) is 0 Å². The molecule has 3 rings (SSSR count). The molecule has 26 heavy (non-hydrogen) atoms. The van der Waals surface area contributed by atoms with E-state index >= 15 is 0 Å². The van der Waals surface area contributed by atoms with Crippen LogP contribution < -0.4 is 10.6 Å². The second-order valence-corrected chi connectivity index (χ2v) is 6.98. The first-order chi connectivity index (χ1) is 12.4. The van der Waals surface area contributed by atoms with E-state index in [1.807, 2.05) is 30.9 Å². The molecule has 7 nitrogen and oxygen atoms in total. The predicted molar refractivity (Wildman–Crippen MR) is 100 cm³/mol. The van der Waals surface area contributed by atoms with E-state index in [1.165, 1.54) is 0 Å². The number of aliphatic carboxylic acids is 1. The Hall–Kier alpha value is -2.54. The fourth-order valence-electron chi connectivity index (χ4n) is 3.53. The van der Waals surface area contributed by atoms with Crippen LogP contribution >= 0.6 is 0 Å². The quantitative estimate of drug-likeness (QED) is 0.610. The maximum Gasteiger partial charge on any atom is 0.317 e. The molecule has 1 saturated carbocycles. The molecule has 0 bridgehead atoms. The highest BCUT2D eigenvalue weighted by molar-refractivity contribution is 5.81. The normalized spacial score (nSPS) is 19.3. The van der Waals surface area contributed by atoms with E-state index in [2.05, 4.69) is 27.8 Å². The van der Waals surface area contributed by atoms with Gasteiger partial charge in [0, 0.05) is 29.8 Å². The van der Waals surface area contributed by atoms with Gasteiger partial charge in [-0.25, -0.2) is 4.79 Å². The second kappa shape index (κ2) is 7.78. The van der Waals surface area contributed by atoms with Crippen molar-refractivity contribution < 1.29 is 14.7 Å². The monoisotopic (exact) mass is 358 g/mol. The first kappa shape index (κ1) is 18.3. The van der Waals surface area contributed by atoms with Crippen LogP contribution in [0.4, 0.5) is 4.79 Å². The Kier molecular flexibility index (Phi) is 5.46. The molecule has 0 aliphatic heterocycles. The fraction of sp³-hybridized carbons (Fsp3) is 0.474. The van der Waals surface area contributed by atoms with Gasteiger partial charge in [-0.3, -0.25) is 9.69 Å². The molecule has 1 aromatic heterocycles. The molecule has 0 saturated heterocycles. The number of likely N-dealkylation sites (N-methyl/N-ethyl adjacent to an activating group) is 1. The zero-order valence-corrected chi connectivity index (χ0v) is 15.2. The Morgan fingerprint density at radius 3 is 2.77 bits per heavy atom. The van der Waals surface area contributed by atoms with Gasteiger partial charge in [-0.15, -0.1) is 0 Å². The number of nitrogens with zero attached hydrogens (tertiary/aromatic N) is 1. The molecule has 1 aliphatic carbocycles. The van der Waals surface area contributed by atoms with E-state index in [-0.39, 0.29) is 24.7 Å². The number of carboxylic acids is 1. The standard InChI is InChI=1S/C19H26N4O3/c1-3-23(11-18(24)25)16-8-15(9-16)22-19(26)20-10-13-4-5-17-14(7-13)6-12(2)21-17/h4-7,15-16,21H,3,8-11H2,1-2H3,(H,24,25)(H2,20,22,26). The number of carbonyl (C=O) groups excluding carboxylic acids is 1. The van der Waals surface area contributed by atoms with E-state index in [1.54, 1.807) is 0 Å². The van der Waals surface area contributed by atoms with Crippen LogP contribution in [0.25, 0.3) is 10.9 Å². The molecule has 0 spiro atoms. The third-order valence-electron chi connectivity index (χ3n) is 4.98. The number of rotatable bonds is 7. The summed E-state index contributed by atoms with van der Waals surface area (Å²) >= 11 is 0. The first-order valence-corrected chi connectivity index (χ1v) is 9.03. The van der Waals surface area contributed by atoms with Crippen LogP contribution in [0.3, 0.4) is 0 Å². The molecule has 0 atom stereocenters. The third kappa shape index (κ3) is 4.35. The van der Waals surface area contributed by atoms with Gasteiger partial charge in [0.25, 0.3) is 0 Å². The number of H-pyrrole nitrogens is 1. The molecule has 2 aromatic rings. The summed E-state index contributed by atoms with van der Waals surface area (Å²) in [6.45, 7) is 5.22. The van der Waals surface area contributed by atoms with Crippen molar-refractivity contribution in [2.45, 2.75) is 45.3 Å². The van der Waals surface area contributed by atoms with Crippen LogP contribution in [-0.2, 0) is 11.3 Å². The van der Waals surface area contributed by atoms with Crippen LogP contribution in [0.2, 0.25) is 0 Å². The van der Waals surface area contributed by atoms with Crippen molar-refractivity contribution in [3.05, 3.63) is 35.5 Å². The highest BCUT2D eigenvalue weighted by Crippen LogP contribution is 2.25. The third-order valence-corrected chi connectivity index (χ3v) is 4.98. The van der Waals surface area contributed by atoms with Gasteiger partial charge < -0.3 is 20.7 Å². The molecule has 0 radical (unpaired) electrons. The fourth-order valence-corrected chi connectivity index (χ4v) is 3.53. The Labute approximate surface area is 152 Å². The highest BCUT2D eigenvalue weighted by atomic mass is 16.4. The minimum absolute atomic E-state index is 0.0567. The number of aromatic nitrogens is 1. The zero-order chi connectivity index (χ0) is 18.7. The molecular weight excluding hydrogens is 332 g/mol. The average molecular weight is 358 g/mol. The summed E-state index contributed by atoms with van der Waals surface area (Å²) in [5, 5.41) is 15.9. The van der Waals surface area contributed by atoms with Crippen LogP contribution in [0, 0.1) is 6.92 Å². The number of urea groups is 1. The van der Waals surface area contributed by atoms with E-state index in [0.29, 0.717) is 13.1 Å². The van der Waals surface area contributed by atoms with Gasteiger partial charge in [-0.1, -0.05) is 13.0 Å². The van der Waals surface area contributed by atoms with Crippen molar-refractivity contribution in [2.24, 2.45) is 0 Å². The highest BCUT2D eigenvalue weighted by Gasteiger charge is 2.34. The molecule has 0 unspecified atom stereocenters. The molecule has 2 amide bonds. The van der Waals surface area contributed by atoms with E-state index < -0.39 is 5.97 Å². The number of fused-ring (bicyclic) bond motifs is 1. The minimum Gasteiger partial charge on any atom is -0.480 e. The lowest BCUT2D eigenvalue weighted by molar-refractivity contribution is -0.139. The number of carboxylic acid groups (broad SMARTS) is 1.